The fraction of sp³-hybridized carbons (Fsp3) is 0.0526. The molecule has 0 spiro atoms. The topological polar surface area (TPSA) is 55.4 Å². The molecule has 0 atom stereocenters. The summed E-state index contributed by atoms with van der Waals surface area (Å²) in [6.45, 7) is 3.97. The molecule has 0 bridgehead atoms. The molecule has 4 heteroatoms. The zero-order chi connectivity index (χ0) is 16.2. The Hall–Kier alpha value is -3.14. The second-order valence-electron chi connectivity index (χ2n) is 5.02. The molecule has 0 aromatic heterocycles. The third-order valence-electron chi connectivity index (χ3n) is 3.47. The van der Waals surface area contributed by atoms with Crippen LogP contribution < -0.4 is 10.1 Å². The second-order valence-corrected chi connectivity index (χ2v) is 5.02. The standard InChI is InChI=1S/C19H15NO3/c1-2-11-23-18-10-6-5-9-15(18)20-16-12-17(21)13-7-3-4-8-14(13)19(16)22/h2-10,12,20H,1,11H2. The summed E-state index contributed by atoms with van der Waals surface area (Å²) in [6, 6.07) is 14.0. The first-order chi connectivity index (χ1) is 11.2. The normalized spacial score (nSPS) is 13.1. The van der Waals surface area contributed by atoms with Crippen LogP contribution in [0.25, 0.3) is 0 Å². The molecule has 2 aromatic rings. The number of hydrogen-bond acceptors (Lipinski definition) is 4. The second kappa shape index (κ2) is 6.32. The Morgan fingerprint density at radius 3 is 2.48 bits per heavy atom. The number of allylic oxidation sites excluding steroid dienone is 2. The predicted molar refractivity (Wildman–Crippen MR) is 88.9 cm³/mol. The van der Waals surface area contributed by atoms with Crippen LogP contribution >= 0.6 is 0 Å². The summed E-state index contributed by atoms with van der Waals surface area (Å²) in [7, 11) is 0. The van der Waals surface area contributed by atoms with Crippen LogP contribution in [-0.4, -0.2) is 18.2 Å². The van der Waals surface area contributed by atoms with Crippen molar-refractivity contribution < 1.29 is 14.3 Å². The Balaban J connectivity index is 1.91. The minimum atomic E-state index is -0.210. The van der Waals surface area contributed by atoms with Crippen molar-refractivity contribution in [1.82, 2.24) is 0 Å². The van der Waals surface area contributed by atoms with Gasteiger partial charge in [-0.15, -0.1) is 0 Å². The van der Waals surface area contributed by atoms with Gasteiger partial charge in [-0.05, 0) is 12.1 Å². The molecule has 1 N–H and O–H groups in total. The van der Waals surface area contributed by atoms with E-state index in [4.69, 9.17) is 4.74 Å². The molecule has 0 unspecified atom stereocenters. The zero-order valence-corrected chi connectivity index (χ0v) is 12.4. The Labute approximate surface area is 134 Å². The number of hydrogen-bond donors (Lipinski definition) is 1. The number of benzene rings is 2. The molecule has 0 radical (unpaired) electrons. The molecule has 4 nitrogen and oxygen atoms in total. The number of para-hydroxylation sites is 2. The molecule has 1 aliphatic rings. The molecule has 0 heterocycles. The fourth-order valence-corrected chi connectivity index (χ4v) is 2.40. The van der Waals surface area contributed by atoms with Crippen LogP contribution in [-0.2, 0) is 0 Å². The quantitative estimate of drug-likeness (QED) is 0.857. The molecule has 2 aromatic carbocycles. The molecule has 0 saturated heterocycles. The summed E-state index contributed by atoms with van der Waals surface area (Å²) >= 11 is 0. The van der Waals surface area contributed by atoms with Crippen molar-refractivity contribution in [2.24, 2.45) is 0 Å². The van der Waals surface area contributed by atoms with Crippen molar-refractivity contribution in [3.63, 3.8) is 0 Å². The van der Waals surface area contributed by atoms with Gasteiger partial charge in [0.05, 0.1) is 11.4 Å². The van der Waals surface area contributed by atoms with E-state index in [0.29, 0.717) is 29.2 Å². The summed E-state index contributed by atoms with van der Waals surface area (Å²) in [4.78, 5) is 24.7. The van der Waals surface area contributed by atoms with E-state index >= 15 is 0 Å². The van der Waals surface area contributed by atoms with Crippen LogP contribution in [0.3, 0.4) is 0 Å². The third kappa shape index (κ3) is 2.92. The van der Waals surface area contributed by atoms with Crippen LogP contribution in [0, 0.1) is 0 Å². The molecule has 0 fully saturated rings. The van der Waals surface area contributed by atoms with E-state index in [2.05, 4.69) is 11.9 Å². The number of nitrogens with one attached hydrogen (secondary N) is 1. The molecule has 114 valence electrons. The van der Waals surface area contributed by atoms with Gasteiger partial charge in [0.1, 0.15) is 12.4 Å². The minimum Gasteiger partial charge on any atom is -0.487 e. The Morgan fingerprint density at radius 2 is 1.70 bits per heavy atom. The van der Waals surface area contributed by atoms with E-state index in [9.17, 15) is 9.59 Å². The number of fused-ring (bicyclic) bond motifs is 1. The van der Waals surface area contributed by atoms with Gasteiger partial charge >= 0.3 is 0 Å². The van der Waals surface area contributed by atoms with Gasteiger partial charge in [0.15, 0.2) is 5.78 Å². The highest BCUT2D eigenvalue weighted by Gasteiger charge is 2.25. The summed E-state index contributed by atoms with van der Waals surface area (Å²) in [6.07, 6.45) is 2.97. The van der Waals surface area contributed by atoms with Crippen molar-refractivity contribution in [3.05, 3.63) is 84.1 Å². The monoisotopic (exact) mass is 305 g/mol. The zero-order valence-electron chi connectivity index (χ0n) is 12.4. The van der Waals surface area contributed by atoms with Gasteiger partial charge in [-0.2, -0.15) is 0 Å². The highest BCUT2D eigenvalue weighted by atomic mass is 16.5. The lowest BCUT2D eigenvalue weighted by molar-refractivity contribution is 0.0985. The van der Waals surface area contributed by atoms with E-state index in [-0.39, 0.29) is 17.3 Å². The van der Waals surface area contributed by atoms with Crippen molar-refractivity contribution in [3.8, 4) is 5.75 Å². The number of rotatable bonds is 5. The summed E-state index contributed by atoms with van der Waals surface area (Å²) in [5.41, 5.74) is 1.70. The lowest BCUT2D eigenvalue weighted by atomic mass is 9.92. The highest BCUT2D eigenvalue weighted by molar-refractivity contribution is 6.25. The number of Topliss-reactive ketones (excluding diaryl/α,β-unsaturated/α-hetero) is 1. The first-order valence-electron chi connectivity index (χ1n) is 7.20. The number of carbonyl (C=O) groups is 2. The van der Waals surface area contributed by atoms with Crippen LogP contribution in [0.5, 0.6) is 5.75 Å². The molecule has 0 amide bonds. The molecule has 0 saturated carbocycles. The Bertz CT molecular complexity index is 821. The summed E-state index contributed by atoms with van der Waals surface area (Å²) in [5, 5.41) is 3.01. The first-order valence-corrected chi connectivity index (χ1v) is 7.20. The lowest BCUT2D eigenvalue weighted by Gasteiger charge is -2.18. The van der Waals surface area contributed by atoms with Crippen molar-refractivity contribution in [2.45, 2.75) is 0 Å². The van der Waals surface area contributed by atoms with E-state index in [1.807, 2.05) is 12.1 Å². The Morgan fingerprint density at radius 1 is 1.00 bits per heavy atom. The van der Waals surface area contributed by atoms with Crippen molar-refractivity contribution in [2.75, 3.05) is 11.9 Å². The minimum absolute atomic E-state index is 0.188. The first kappa shape index (κ1) is 14.8. The molecule has 23 heavy (non-hydrogen) atoms. The van der Waals surface area contributed by atoms with Crippen molar-refractivity contribution in [1.29, 1.82) is 0 Å². The van der Waals surface area contributed by atoms with Gasteiger partial charge in [0, 0.05) is 17.2 Å². The lowest BCUT2D eigenvalue weighted by Crippen LogP contribution is -2.21. The molecular weight excluding hydrogens is 290 g/mol. The van der Waals surface area contributed by atoms with E-state index in [1.165, 1.54) is 6.08 Å². The van der Waals surface area contributed by atoms with E-state index in [1.54, 1.807) is 42.5 Å². The number of ether oxygens (including phenoxy) is 1. The SMILES string of the molecule is C=CCOc1ccccc1NC1=CC(=O)c2ccccc2C1=O. The van der Waals surface area contributed by atoms with Gasteiger partial charge in [0.25, 0.3) is 0 Å². The Kier molecular flexibility index (Phi) is 4.06. The number of anilines is 1. The van der Waals surface area contributed by atoms with Gasteiger partial charge < -0.3 is 10.1 Å². The maximum absolute atomic E-state index is 12.6. The average molecular weight is 305 g/mol. The highest BCUT2D eigenvalue weighted by Crippen LogP contribution is 2.28. The average Bonchev–Trinajstić information content (AvgIpc) is 2.58. The molecule has 1 aliphatic carbocycles. The van der Waals surface area contributed by atoms with Gasteiger partial charge in [-0.25, -0.2) is 0 Å². The van der Waals surface area contributed by atoms with Crippen LogP contribution in [0.4, 0.5) is 5.69 Å². The maximum Gasteiger partial charge on any atom is 0.210 e. The number of carbonyl (C=O) groups excluding carboxylic acids is 2. The van der Waals surface area contributed by atoms with E-state index < -0.39 is 0 Å². The summed E-state index contributed by atoms with van der Waals surface area (Å²) < 4.78 is 5.56. The molecule has 0 aliphatic heterocycles. The van der Waals surface area contributed by atoms with Crippen molar-refractivity contribution >= 4 is 17.3 Å². The predicted octanol–water partition coefficient (Wildman–Crippen LogP) is 3.63. The maximum atomic E-state index is 12.6. The third-order valence-corrected chi connectivity index (χ3v) is 3.47. The smallest absolute Gasteiger partial charge is 0.210 e. The van der Waals surface area contributed by atoms with Crippen LogP contribution in [0.2, 0.25) is 0 Å². The molecular formula is C19H15NO3. The van der Waals surface area contributed by atoms with E-state index in [0.717, 1.165) is 0 Å². The van der Waals surface area contributed by atoms with Gasteiger partial charge in [-0.3, -0.25) is 9.59 Å². The van der Waals surface area contributed by atoms with Gasteiger partial charge in [-0.1, -0.05) is 49.1 Å². The summed E-state index contributed by atoms with van der Waals surface area (Å²) in [5.74, 6) is 0.193. The largest absolute Gasteiger partial charge is 0.487 e. The van der Waals surface area contributed by atoms with Crippen LogP contribution in [0.1, 0.15) is 20.7 Å². The fourth-order valence-electron chi connectivity index (χ4n) is 2.40. The molecule has 3 rings (SSSR count). The number of ketones is 2. The van der Waals surface area contributed by atoms with Gasteiger partial charge in [0.2, 0.25) is 5.78 Å². The van der Waals surface area contributed by atoms with Crippen LogP contribution in [0.15, 0.2) is 73.0 Å².